The van der Waals surface area contributed by atoms with Crippen LogP contribution in [0.15, 0.2) is 42.6 Å². The summed E-state index contributed by atoms with van der Waals surface area (Å²) in [4.78, 5) is 0. The van der Waals surface area contributed by atoms with E-state index in [4.69, 9.17) is 0 Å². The van der Waals surface area contributed by atoms with Crippen LogP contribution in [0.3, 0.4) is 0 Å². The normalized spacial score (nSPS) is 14.7. The van der Waals surface area contributed by atoms with Gasteiger partial charge in [0.2, 0.25) is 0 Å². The second-order valence-electron chi connectivity index (χ2n) is 5.20. The second kappa shape index (κ2) is 4.94. The maximum atomic E-state index is 10.5. The van der Waals surface area contributed by atoms with Crippen LogP contribution in [0.25, 0.3) is 0 Å². The van der Waals surface area contributed by atoms with Crippen molar-refractivity contribution < 1.29 is 5.11 Å². The maximum Gasteiger partial charge on any atom is 0.0924 e. The zero-order valence-electron chi connectivity index (χ0n) is 11.2. The third-order valence-electron chi connectivity index (χ3n) is 3.11. The van der Waals surface area contributed by atoms with E-state index >= 15 is 0 Å². The maximum absolute atomic E-state index is 10.5. The molecule has 1 aromatic heterocycles. The highest BCUT2D eigenvalue weighted by Crippen LogP contribution is 2.24. The van der Waals surface area contributed by atoms with E-state index < -0.39 is 5.60 Å². The quantitative estimate of drug-likeness (QED) is 0.898. The number of hydrogen-bond acceptors (Lipinski definition) is 2. The molecule has 0 fully saturated rings. The lowest BCUT2D eigenvalue weighted by atomic mass is 9.91. The minimum Gasteiger partial charge on any atom is -0.385 e. The zero-order valence-corrected chi connectivity index (χ0v) is 11.2. The van der Waals surface area contributed by atoms with E-state index in [1.807, 2.05) is 54.2 Å². The van der Waals surface area contributed by atoms with Gasteiger partial charge in [-0.2, -0.15) is 5.10 Å². The summed E-state index contributed by atoms with van der Waals surface area (Å²) in [5, 5.41) is 15.0. The van der Waals surface area contributed by atoms with Crippen LogP contribution < -0.4 is 0 Å². The van der Waals surface area contributed by atoms with Crippen molar-refractivity contribution in [3.63, 3.8) is 0 Å². The zero-order chi connectivity index (χ0) is 13.2. The number of hydrogen-bond donors (Lipinski definition) is 1. The number of aromatic nitrogens is 2. The molecular formula is C15H20N2O. The smallest absolute Gasteiger partial charge is 0.0924 e. The summed E-state index contributed by atoms with van der Waals surface area (Å²) < 4.78 is 1.91. The Balaban J connectivity index is 2.17. The summed E-state index contributed by atoms with van der Waals surface area (Å²) in [6.45, 7) is 6.01. The third kappa shape index (κ3) is 2.79. The highest BCUT2D eigenvalue weighted by Gasteiger charge is 2.24. The van der Waals surface area contributed by atoms with E-state index in [1.165, 1.54) is 0 Å². The van der Waals surface area contributed by atoms with Gasteiger partial charge < -0.3 is 5.11 Å². The molecule has 1 atom stereocenters. The predicted octanol–water partition coefficient (Wildman–Crippen LogP) is 2.91. The number of nitrogens with zero attached hydrogens (tertiary/aromatic N) is 2. The Morgan fingerprint density at radius 3 is 2.44 bits per heavy atom. The van der Waals surface area contributed by atoms with Gasteiger partial charge in [0.05, 0.1) is 11.3 Å². The first-order chi connectivity index (χ1) is 8.49. The molecule has 3 heteroatoms. The summed E-state index contributed by atoms with van der Waals surface area (Å²) in [6, 6.07) is 12.0. The molecule has 2 rings (SSSR count). The fourth-order valence-electron chi connectivity index (χ4n) is 2.01. The second-order valence-corrected chi connectivity index (χ2v) is 5.20. The number of benzene rings is 1. The average Bonchev–Trinajstić information content (AvgIpc) is 2.78. The van der Waals surface area contributed by atoms with Crippen molar-refractivity contribution in [1.29, 1.82) is 0 Å². The molecule has 2 aromatic rings. The van der Waals surface area contributed by atoms with Crippen LogP contribution in [-0.2, 0) is 12.0 Å². The Hall–Kier alpha value is -1.61. The molecule has 18 heavy (non-hydrogen) atoms. The van der Waals surface area contributed by atoms with E-state index in [0.29, 0.717) is 12.5 Å². The Morgan fingerprint density at radius 1 is 1.22 bits per heavy atom. The van der Waals surface area contributed by atoms with Crippen molar-refractivity contribution in [2.45, 2.75) is 38.8 Å². The lowest BCUT2D eigenvalue weighted by Gasteiger charge is -2.22. The van der Waals surface area contributed by atoms with Crippen molar-refractivity contribution in [1.82, 2.24) is 9.78 Å². The Morgan fingerprint density at radius 2 is 1.89 bits per heavy atom. The molecule has 0 amide bonds. The highest BCUT2D eigenvalue weighted by atomic mass is 16.3. The molecule has 0 aliphatic rings. The van der Waals surface area contributed by atoms with E-state index in [9.17, 15) is 5.11 Å². The van der Waals surface area contributed by atoms with Crippen molar-refractivity contribution in [2.24, 2.45) is 0 Å². The summed E-state index contributed by atoms with van der Waals surface area (Å²) in [5.41, 5.74) is 0.957. The summed E-state index contributed by atoms with van der Waals surface area (Å²) in [6.07, 6.45) is 2.48. The van der Waals surface area contributed by atoms with Crippen LogP contribution in [0.5, 0.6) is 0 Å². The number of rotatable bonds is 4. The fourth-order valence-corrected chi connectivity index (χ4v) is 2.01. The monoisotopic (exact) mass is 244 g/mol. The van der Waals surface area contributed by atoms with E-state index in [2.05, 4.69) is 18.9 Å². The molecule has 96 valence electrons. The van der Waals surface area contributed by atoms with Gasteiger partial charge in [-0.1, -0.05) is 30.3 Å². The van der Waals surface area contributed by atoms with Crippen molar-refractivity contribution in [3.8, 4) is 0 Å². The largest absolute Gasteiger partial charge is 0.385 e. The van der Waals surface area contributed by atoms with Gasteiger partial charge in [0, 0.05) is 18.7 Å². The van der Waals surface area contributed by atoms with Crippen LogP contribution in [0.2, 0.25) is 0 Å². The van der Waals surface area contributed by atoms with Crippen molar-refractivity contribution >= 4 is 0 Å². The molecule has 0 radical (unpaired) electrons. The van der Waals surface area contributed by atoms with Gasteiger partial charge in [-0.05, 0) is 32.4 Å². The van der Waals surface area contributed by atoms with Gasteiger partial charge in [0.25, 0.3) is 0 Å². The minimum absolute atomic E-state index is 0.348. The molecule has 3 nitrogen and oxygen atoms in total. The molecule has 0 aliphatic carbocycles. The molecule has 1 N–H and O–H groups in total. The van der Waals surface area contributed by atoms with Crippen LogP contribution in [0.1, 0.15) is 38.1 Å². The number of aliphatic hydroxyl groups is 1. The lowest BCUT2D eigenvalue weighted by Crippen LogP contribution is -2.24. The fraction of sp³-hybridized carbons (Fsp3) is 0.400. The van der Waals surface area contributed by atoms with Crippen LogP contribution in [-0.4, -0.2) is 14.9 Å². The summed E-state index contributed by atoms with van der Waals surface area (Å²) in [7, 11) is 0. The molecule has 0 bridgehead atoms. The Kier molecular flexibility index (Phi) is 3.53. The summed E-state index contributed by atoms with van der Waals surface area (Å²) >= 11 is 0. The van der Waals surface area contributed by atoms with Crippen LogP contribution >= 0.6 is 0 Å². The first-order valence-electron chi connectivity index (χ1n) is 6.31. The first kappa shape index (κ1) is 12.8. The highest BCUT2D eigenvalue weighted by molar-refractivity contribution is 5.23. The molecule has 0 saturated heterocycles. The molecule has 1 aromatic carbocycles. The van der Waals surface area contributed by atoms with Gasteiger partial charge in [-0.25, -0.2) is 0 Å². The molecule has 0 aliphatic heterocycles. The molecule has 0 spiro atoms. The summed E-state index contributed by atoms with van der Waals surface area (Å²) in [5.74, 6) is 0. The van der Waals surface area contributed by atoms with Gasteiger partial charge in [0.1, 0.15) is 0 Å². The topological polar surface area (TPSA) is 38.0 Å². The van der Waals surface area contributed by atoms with Crippen LogP contribution in [0.4, 0.5) is 0 Å². The SMILES string of the molecule is CC(C)n1ccc(CC(C)(O)c2ccccc2)n1. The average molecular weight is 244 g/mol. The van der Waals surface area contributed by atoms with E-state index in [1.54, 1.807) is 0 Å². The van der Waals surface area contributed by atoms with Crippen molar-refractivity contribution in [2.75, 3.05) is 0 Å². The molecule has 0 saturated carbocycles. The minimum atomic E-state index is -0.878. The standard InChI is InChI=1S/C15H20N2O/c1-12(2)17-10-9-14(16-17)11-15(3,18)13-7-5-4-6-8-13/h4-10,12,18H,11H2,1-3H3. The van der Waals surface area contributed by atoms with Gasteiger partial charge in [-0.15, -0.1) is 0 Å². The molecule has 1 unspecified atom stereocenters. The van der Waals surface area contributed by atoms with E-state index in [-0.39, 0.29) is 0 Å². The third-order valence-corrected chi connectivity index (χ3v) is 3.11. The first-order valence-corrected chi connectivity index (χ1v) is 6.31. The Labute approximate surface area is 108 Å². The molecular weight excluding hydrogens is 224 g/mol. The van der Waals surface area contributed by atoms with Gasteiger partial charge >= 0.3 is 0 Å². The van der Waals surface area contributed by atoms with Crippen molar-refractivity contribution in [3.05, 3.63) is 53.9 Å². The molecule has 1 heterocycles. The van der Waals surface area contributed by atoms with Gasteiger partial charge in [0.15, 0.2) is 0 Å². The predicted molar refractivity (Wildman–Crippen MR) is 72.3 cm³/mol. The Bertz CT molecular complexity index is 500. The van der Waals surface area contributed by atoms with Gasteiger partial charge in [-0.3, -0.25) is 4.68 Å². The van der Waals surface area contributed by atoms with E-state index in [0.717, 1.165) is 11.3 Å². The van der Waals surface area contributed by atoms with Crippen LogP contribution in [0, 0.1) is 0 Å². The lowest BCUT2D eigenvalue weighted by molar-refractivity contribution is 0.0564.